The van der Waals surface area contributed by atoms with Crippen LogP contribution >= 0.6 is 0 Å². The fraction of sp³-hybridized carbons (Fsp3) is 0.682. The van der Waals surface area contributed by atoms with Gasteiger partial charge in [-0.2, -0.15) is 0 Å². The summed E-state index contributed by atoms with van der Waals surface area (Å²) in [5.74, 6) is 0.884. The van der Waals surface area contributed by atoms with Gasteiger partial charge in [-0.1, -0.05) is 58.2 Å². The number of rotatable bonds is 8. The van der Waals surface area contributed by atoms with Gasteiger partial charge in [0.05, 0.1) is 21.3 Å². The van der Waals surface area contributed by atoms with Crippen molar-refractivity contribution in [2.24, 2.45) is 0 Å². The first-order valence-corrected chi connectivity index (χ1v) is 12.5. The van der Waals surface area contributed by atoms with E-state index in [4.69, 9.17) is 9.47 Å². The van der Waals surface area contributed by atoms with Crippen LogP contribution in [0.1, 0.15) is 64.7 Å². The Kier molecular flexibility index (Phi) is 7.09. The minimum Gasteiger partial charge on any atom is -0.497 e. The van der Waals surface area contributed by atoms with Gasteiger partial charge in [-0.15, -0.1) is 0 Å². The minimum atomic E-state index is -1.50. The summed E-state index contributed by atoms with van der Waals surface area (Å²) in [7, 11) is 0.133. The highest BCUT2D eigenvalue weighted by Crippen LogP contribution is 2.47. The van der Waals surface area contributed by atoms with Gasteiger partial charge in [-0.25, -0.2) is 0 Å². The summed E-state index contributed by atoms with van der Waals surface area (Å²) in [6, 6.07) is 8.54. The second kappa shape index (κ2) is 8.70. The molecule has 0 spiro atoms. The summed E-state index contributed by atoms with van der Waals surface area (Å²) < 4.78 is 11.5. The zero-order valence-electron chi connectivity index (χ0n) is 17.5. The Morgan fingerprint density at radius 2 is 1.58 bits per heavy atom. The van der Waals surface area contributed by atoms with Gasteiger partial charge in [0.1, 0.15) is 11.9 Å². The van der Waals surface area contributed by atoms with Gasteiger partial charge in [-0.05, 0) is 43.2 Å². The maximum absolute atomic E-state index is 12.8. The third-order valence-electron chi connectivity index (χ3n) is 6.58. The molecule has 1 aliphatic rings. The second-order valence-electron chi connectivity index (χ2n) is 8.70. The summed E-state index contributed by atoms with van der Waals surface area (Å²) in [6.45, 7) is 14.3. The van der Waals surface area contributed by atoms with Gasteiger partial charge >= 0.3 is 0 Å². The van der Waals surface area contributed by atoms with Gasteiger partial charge < -0.3 is 9.47 Å². The number of benzene rings is 1. The fourth-order valence-corrected chi connectivity index (χ4v) is 11.6. The monoisotopic (exact) mass is 376 g/mol. The molecule has 1 aromatic carbocycles. The number of Topliss-reactive ketones (excluding diaryl/α,β-unsaturated/α-hetero) is 1. The first-order chi connectivity index (χ1) is 12.2. The Balaban J connectivity index is 2.07. The summed E-state index contributed by atoms with van der Waals surface area (Å²) in [6.07, 6.45) is 1.80. The molecule has 0 radical (unpaired) electrons. The molecule has 2 atom stereocenters. The van der Waals surface area contributed by atoms with Crippen molar-refractivity contribution in [3.63, 3.8) is 0 Å². The highest BCUT2D eigenvalue weighted by molar-refractivity contribution is 6.83. The van der Waals surface area contributed by atoms with Crippen molar-refractivity contribution >= 4 is 13.9 Å². The first kappa shape index (κ1) is 21.2. The Hall–Kier alpha value is -1.13. The molecule has 0 amide bonds. The van der Waals surface area contributed by atoms with Crippen molar-refractivity contribution in [1.29, 1.82) is 0 Å². The maximum atomic E-state index is 12.8. The molecular weight excluding hydrogens is 340 g/mol. The number of methoxy groups -OCH3 is 1. The normalized spacial score (nSPS) is 21.0. The zero-order valence-corrected chi connectivity index (χ0v) is 18.5. The van der Waals surface area contributed by atoms with Crippen molar-refractivity contribution in [2.75, 3.05) is 7.11 Å². The summed E-state index contributed by atoms with van der Waals surface area (Å²) >= 11 is 0. The molecule has 0 N–H and O–H groups in total. The predicted octanol–water partition coefficient (Wildman–Crippen LogP) is 6.10. The lowest BCUT2D eigenvalue weighted by Gasteiger charge is -2.44. The molecule has 0 aliphatic carbocycles. The van der Waals surface area contributed by atoms with Crippen LogP contribution in [0.15, 0.2) is 24.3 Å². The Morgan fingerprint density at radius 3 is 2.04 bits per heavy atom. The van der Waals surface area contributed by atoms with Crippen LogP contribution in [-0.4, -0.2) is 33.2 Å². The molecule has 1 aromatic rings. The van der Waals surface area contributed by atoms with E-state index in [9.17, 15) is 4.79 Å². The van der Waals surface area contributed by atoms with E-state index in [-0.39, 0.29) is 18.0 Å². The van der Waals surface area contributed by atoms with Crippen LogP contribution in [0.3, 0.4) is 0 Å². The number of ether oxygens (including phenoxy) is 2. The van der Waals surface area contributed by atoms with Crippen LogP contribution in [-0.2, 0) is 4.74 Å². The highest BCUT2D eigenvalue weighted by atomic mass is 28.3. The van der Waals surface area contributed by atoms with Gasteiger partial charge in [0.2, 0.25) is 0 Å². The zero-order chi connectivity index (χ0) is 19.5. The lowest BCUT2D eigenvalue weighted by atomic mass is 10.0. The van der Waals surface area contributed by atoms with Crippen LogP contribution in [0.25, 0.3) is 0 Å². The number of carbonyl (C=O) groups is 1. The maximum Gasteiger partial charge on any atom is 0.191 e. The van der Waals surface area contributed by atoms with E-state index in [1.165, 1.54) is 6.04 Å². The summed E-state index contributed by atoms with van der Waals surface area (Å²) in [5, 5.41) is 0. The van der Waals surface area contributed by atoms with E-state index in [1.54, 1.807) is 7.11 Å². The van der Waals surface area contributed by atoms with Crippen molar-refractivity contribution in [3.8, 4) is 5.75 Å². The van der Waals surface area contributed by atoms with E-state index in [0.29, 0.717) is 0 Å². The Labute approximate surface area is 160 Å². The third-order valence-corrected chi connectivity index (χ3v) is 14.2. The van der Waals surface area contributed by atoms with Crippen LogP contribution in [0, 0.1) is 0 Å². The van der Waals surface area contributed by atoms with Crippen LogP contribution in [0.2, 0.25) is 22.7 Å². The topological polar surface area (TPSA) is 35.5 Å². The van der Waals surface area contributed by atoms with E-state index in [1.807, 2.05) is 24.3 Å². The van der Waals surface area contributed by atoms with Gasteiger partial charge in [0.15, 0.2) is 5.78 Å². The molecule has 146 valence electrons. The lowest BCUT2D eigenvalue weighted by Crippen LogP contribution is -2.47. The molecule has 1 heterocycles. The fourth-order valence-electron chi connectivity index (χ4n) is 5.09. The van der Waals surface area contributed by atoms with Crippen LogP contribution < -0.4 is 4.74 Å². The van der Waals surface area contributed by atoms with E-state index in [0.717, 1.165) is 40.8 Å². The lowest BCUT2D eigenvalue weighted by molar-refractivity contribution is 0.0426. The van der Waals surface area contributed by atoms with Crippen LogP contribution in [0.5, 0.6) is 5.75 Å². The molecule has 3 nitrogen and oxygen atoms in total. The van der Waals surface area contributed by atoms with Crippen LogP contribution in [0.4, 0.5) is 0 Å². The smallest absolute Gasteiger partial charge is 0.191 e. The number of hydrogen-bond acceptors (Lipinski definition) is 3. The van der Waals surface area contributed by atoms with Crippen molar-refractivity contribution < 1.29 is 14.3 Å². The third kappa shape index (κ3) is 4.23. The van der Waals surface area contributed by atoms with Gasteiger partial charge in [-0.3, -0.25) is 4.79 Å². The molecule has 0 unspecified atom stereocenters. The quantitative estimate of drug-likeness (QED) is 0.406. The second-order valence-corrected chi connectivity index (χ2v) is 14.8. The predicted molar refractivity (Wildman–Crippen MR) is 111 cm³/mol. The molecule has 4 heteroatoms. The average Bonchev–Trinajstić information content (AvgIpc) is 3.06. The van der Waals surface area contributed by atoms with E-state index in [2.05, 4.69) is 41.5 Å². The molecule has 26 heavy (non-hydrogen) atoms. The SMILES string of the molecule is COc1ccc(C(=O)[C@H]2CC[C@H](C[Si](C(C)C)(C(C)C)C(C)C)O2)cc1. The number of hydrogen-bond donors (Lipinski definition) is 0. The molecule has 1 aliphatic heterocycles. The first-order valence-electron chi connectivity index (χ1n) is 10.1. The molecule has 2 rings (SSSR count). The molecule has 0 aromatic heterocycles. The molecule has 0 saturated carbocycles. The Morgan fingerprint density at radius 1 is 1.04 bits per heavy atom. The standard InChI is InChI=1S/C22H36O3Si/c1-15(2)26(16(3)4,17(5)6)14-20-12-13-21(25-20)22(23)18-8-10-19(24-7)11-9-18/h8-11,15-17,20-21H,12-14H2,1-7H3/t20-,21-/m1/s1. The average molecular weight is 377 g/mol. The largest absolute Gasteiger partial charge is 0.497 e. The minimum absolute atomic E-state index is 0.112. The van der Waals surface area contributed by atoms with E-state index < -0.39 is 8.07 Å². The molecular formula is C22H36O3Si. The Bertz CT molecular complexity index is 570. The van der Waals surface area contributed by atoms with E-state index >= 15 is 0 Å². The number of carbonyl (C=O) groups excluding carboxylic acids is 1. The number of ketones is 1. The molecule has 0 bridgehead atoms. The van der Waals surface area contributed by atoms with Gasteiger partial charge in [0, 0.05) is 5.56 Å². The van der Waals surface area contributed by atoms with Crippen molar-refractivity contribution in [3.05, 3.63) is 29.8 Å². The molecule has 1 fully saturated rings. The summed E-state index contributed by atoms with van der Waals surface area (Å²) in [5.41, 5.74) is 2.89. The summed E-state index contributed by atoms with van der Waals surface area (Å²) in [4.78, 5) is 12.8. The van der Waals surface area contributed by atoms with Gasteiger partial charge in [0.25, 0.3) is 0 Å². The highest BCUT2D eigenvalue weighted by Gasteiger charge is 2.46. The van der Waals surface area contributed by atoms with Crippen molar-refractivity contribution in [1.82, 2.24) is 0 Å². The molecule has 1 saturated heterocycles. The van der Waals surface area contributed by atoms with Crippen molar-refractivity contribution in [2.45, 2.75) is 89.3 Å².